The first-order chi connectivity index (χ1) is 15.4. The lowest BCUT2D eigenvalue weighted by atomic mass is 10.1. The number of ether oxygens (including phenoxy) is 1. The zero-order valence-corrected chi connectivity index (χ0v) is 17.3. The zero-order valence-electron chi connectivity index (χ0n) is 17.3. The van der Waals surface area contributed by atoms with Crippen LogP contribution in [-0.2, 0) is 6.54 Å². The number of alkyl halides is 2. The van der Waals surface area contributed by atoms with Crippen LogP contribution in [0.5, 0.6) is 5.75 Å². The second-order valence-electron chi connectivity index (χ2n) is 7.41. The lowest BCUT2D eigenvalue weighted by molar-refractivity contribution is 0.0820. The quantitative estimate of drug-likeness (QED) is 0.398. The number of para-hydroxylation sites is 1. The molecule has 3 aromatic carbocycles. The first-order valence-electron chi connectivity index (χ1n) is 9.97. The molecule has 0 radical (unpaired) electrons. The van der Waals surface area contributed by atoms with Crippen LogP contribution in [0.1, 0.15) is 16.7 Å². The summed E-state index contributed by atoms with van der Waals surface area (Å²) >= 11 is 0. The molecular formula is C25H20F4N2O. The van der Waals surface area contributed by atoms with Gasteiger partial charge in [-0.1, -0.05) is 42.2 Å². The molecule has 0 amide bonds. The molecule has 0 aliphatic carbocycles. The van der Waals surface area contributed by atoms with Crippen LogP contribution in [0, 0.1) is 23.5 Å². The van der Waals surface area contributed by atoms with E-state index in [0.29, 0.717) is 11.4 Å². The van der Waals surface area contributed by atoms with Crippen molar-refractivity contribution in [2.45, 2.75) is 13.0 Å². The van der Waals surface area contributed by atoms with Crippen molar-refractivity contribution in [1.82, 2.24) is 0 Å². The van der Waals surface area contributed by atoms with Gasteiger partial charge >= 0.3 is 0 Å². The second-order valence-corrected chi connectivity index (χ2v) is 7.41. The monoisotopic (exact) mass is 440 g/mol. The third kappa shape index (κ3) is 4.65. The molecule has 0 atom stereocenters. The first kappa shape index (κ1) is 21.6. The Morgan fingerprint density at radius 1 is 0.906 bits per heavy atom. The van der Waals surface area contributed by atoms with Crippen molar-refractivity contribution in [2.75, 3.05) is 30.1 Å². The maximum atomic E-state index is 14.9. The van der Waals surface area contributed by atoms with Gasteiger partial charge in [0.1, 0.15) is 18.0 Å². The molecular weight excluding hydrogens is 420 g/mol. The standard InChI is InChI=1S/C25H20F4N2O/c1-30-16-31(14-19-8-5-9-22(24(19)30)32-15-23(28)29)25-20(26)12-18(13-21(25)27)11-10-17-6-3-2-4-7-17/h2-9,12-13,23H,14-16H2,1H3. The highest BCUT2D eigenvalue weighted by atomic mass is 19.3. The van der Waals surface area contributed by atoms with Crippen LogP contribution < -0.4 is 14.5 Å². The minimum absolute atomic E-state index is 0.158. The van der Waals surface area contributed by atoms with E-state index in [4.69, 9.17) is 4.74 Å². The molecule has 0 fully saturated rings. The third-order valence-corrected chi connectivity index (χ3v) is 5.03. The van der Waals surface area contributed by atoms with Gasteiger partial charge in [-0.3, -0.25) is 0 Å². The van der Waals surface area contributed by atoms with Crippen molar-refractivity contribution in [3.8, 4) is 17.6 Å². The number of anilines is 2. The van der Waals surface area contributed by atoms with Gasteiger partial charge in [0, 0.05) is 24.7 Å². The summed E-state index contributed by atoms with van der Waals surface area (Å²) < 4.78 is 60.2. The highest BCUT2D eigenvalue weighted by Gasteiger charge is 2.27. The van der Waals surface area contributed by atoms with Crippen molar-refractivity contribution >= 4 is 11.4 Å². The summed E-state index contributed by atoms with van der Waals surface area (Å²) in [5.74, 6) is 4.56. The minimum Gasteiger partial charge on any atom is -0.485 e. The molecule has 164 valence electrons. The van der Waals surface area contributed by atoms with E-state index in [1.807, 2.05) is 30.3 Å². The molecule has 1 aliphatic heterocycles. The Morgan fingerprint density at radius 2 is 1.59 bits per heavy atom. The maximum absolute atomic E-state index is 14.9. The molecule has 4 rings (SSSR count). The van der Waals surface area contributed by atoms with Crippen molar-refractivity contribution in [1.29, 1.82) is 0 Å². The van der Waals surface area contributed by atoms with Crippen LogP contribution >= 0.6 is 0 Å². The van der Waals surface area contributed by atoms with Crippen LogP contribution in [0.25, 0.3) is 0 Å². The number of halogens is 4. The van der Waals surface area contributed by atoms with Gasteiger partial charge in [-0.15, -0.1) is 0 Å². The lowest BCUT2D eigenvalue weighted by Gasteiger charge is -2.38. The smallest absolute Gasteiger partial charge is 0.272 e. The van der Waals surface area contributed by atoms with E-state index in [9.17, 15) is 17.6 Å². The Labute approximate surface area is 183 Å². The third-order valence-electron chi connectivity index (χ3n) is 5.03. The first-order valence-corrected chi connectivity index (χ1v) is 9.97. The fourth-order valence-corrected chi connectivity index (χ4v) is 3.74. The molecule has 0 N–H and O–H groups in total. The Morgan fingerprint density at radius 3 is 2.28 bits per heavy atom. The minimum atomic E-state index is -2.59. The molecule has 3 nitrogen and oxygen atoms in total. The Hall–Kier alpha value is -3.66. The van der Waals surface area contributed by atoms with Gasteiger partial charge in [0.25, 0.3) is 6.43 Å². The Bertz CT molecular complexity index is 1150. The molecule has 0 saturated carbocycles. The van der Waals surface area contributed by atoms with Gasteiger partial charge < -0.3 is 14.5 Å². The molecule has 0 saturated heterocycles. The van der Waals surface area contributed by atoms with E-state index in [1.165, 1.54) is 12.1 Å². The van der Waals surface area contributed by atoms with E-state index >= 15 is 0 Å². The van der Waals surface area contributed by atoms with E-state index in [-0.39, 0.29) is 24.5 Å². The SMILES string of the molecule is CN1CN(c2c(F)cc(C#Cc3ccccc3)cc2F)Cc2cccc(OCC(F)F)c21. The molecule has 7 heteroatoms. The molecule has 0 spiro atoms. The average molecular weight is 440 g/mol. The van der Waals surface area contributed by atoms with E-state index < -0.39 is 24.7 Å². The van der Waals surface area contributed by atoms with Crippen molar-refractivity contribution in [3.05, 3.63) is 89.0 Å². The van der Waals surface area contributed by atoms with Crippen molar-refractivity contribution in [3.63, 3.8) is 0 Å². The van der Waals surface area contributed by atoms with Crippen LogP contribution in [0.3, 0.4) is 0 Å². The van der Waals surface area contributed by atoms with Crippen molar-refractivity contribution in [2.24, 2.45) is 0 Å². The summed E-state index contributed by atoms with van der Waals surface area (Å²) in [5, 5.41) is 0. The predicted octanol–water partition coefficient (Wildman–Crippen LogP) is 5.42. The van der Waals surface area contributed by atoms with Crippen LogP contribution in [0.2, 0.25) is 0 Å². The van der Waals surface area contributed by atoms with Gasteiger partial charge in [-0.05, 0) is 35.9 Å². The summed E-state index contributed by atoms with van der Waals surface area (Å²) in [4.78, 5) is 3.28. The molecule has 0 unspecified atom stereocenters. The van der Waals surface area contributed by atoms with Gasteiger partial charge in [-0.2, -0.15) is 0 Å². The van der Waals surface area contributed by atoms with Gasteiger partial charge in [0.05, 0.1) is 12.4 Å². The molecule has 3 aromatic rings. The van der Waals surface area contributed by atoms with E-state index in [2.05, 4.69) is 11.8 Å². The molecule has 1 heterocycles. The summed E-state index contributed by atoms with van der Waals surface area (Å²) in [6, 6.07) is 16.6. The molecule has 0 bridgehead atoms. The number of hydrogen-bond acceptors (Lipinski definition) is 3. The number of benzene rings is 3. The van der Waals surface area contributed by atoms with Crippen LogP contribution in [0.4, 0.5) is 28.9 Å². The summed E-state index contributed by atoms with van der Waals surface area (Å²) in [6.45, 7) is -0.359. The molecule has 32 heavy (non-hydrogen) atoms. The number of fused-ring (bicyclic) bond motifs is 1. The van der Waals surface area contributed by atoms with E-state index in [0.717, 1.165) is 11.1 Å². The van der Waals surface area contributed by atoms with Gasteiger partial charge in [0.15, 0.2) is 11.6 Å². The highest BCUT2D eigenvalue weighted by Crippen LogP contribution is 2.38. The highest BCUT2D eigenvalue weighted by molar-refractivity contribution is 5.68. The van der Waals surface area contributed by atoms with Gasteiger partial charge in [-0.25, -0.2) is 17.6 Å². The number of hydrogen-bond donors (Lipinski definition) is 0. The average Bonchev–Trinajstić information content (AvgIpc) is 2.76. The fraction of sp³-hybridized carbons (Fsp3) is 0.200. The number of nitrogens with zero attached hydrogens (tertiary/aromatic N) is 2. The fourth-order valence-electron chi connectivity index (χ4n) is 3.74. The number of rotatable bonds is 4. The molecule has 1 aliphatic rings. The second kappa shape index (κ2) is 9.23. The van der Waals surface area contributed by atoms with Crippen LogP contribution in [0.15, 0.2) is 60.7 Å². The summed E-state index contributed by atoms with van der Waals surface area (Å²) in [6.07, 6.45) is -2.59. The van der Waals surface area contributed by atoms with Crippen molar-refractivity contribution < 1.29 is 22.3 Å². The predicted molar refractivity (Wildman–Crippen MR) is 116 cm³/mol. The lowest BCUT2D eigenvalue weighted by Crippen LogP contribution is -2.41. The largest absolute Gasteiger partial charge is 0.485 e. The maximum Gasteiger partial charge on any atom is 0.272 e. The normalized spacial score (nSPS) is 12.9. The molecule has 0 aromatic heterocycles. The Balaban J connectivity index is 1.60. The van der Waals surface area contributed by atoms with Gasteiger partial charge in [0.2, 0.25) is 0 Å². The zero-order chi connectivity index (χ0) is 22.7. The topological polar surface area (TPSA) is 15.7 Å². The van der Waals surface area contributed by atoms with Crippen LogP contribution in [-0.4, -0.2) is 26.7 Å². The summed E-state index contributed by atoms with van der Waals surface area (Å²) in [7, 11) is 1.72. The van der Waals surface area contributed by atoms with E-state index in [1.54, 1.807) is 35.0 Å². The Kier molecular flexibility index (Phi) is 6.22. The summed E-state index contributed by atoms with van der Waals surface area (Å²) in [5.41, 5.74) is 2.18.